The normalized spacial score (nSPS) is 16.0. The molecule has 68 valence electrons. The Balaban J connectivity index is 2.41. The molecule has 0 saturated heterocycles. The Labute approximate surface area is 83.0 Å². The van der Waals surface area contributed by atoms with Crippen molar-refractivity contribution >= 4 is 17.5 Å². The highest BCUT2D eigenvalue weighted by molar-refractivity contribution is 6.13. The van der Waals surface area contributed by atoms with Gasteiger partial charge in [-0.15, -0.1) is 0 Å². The van der Waals surface area contributed by atoms with Gasteiger partial charge in [-0.05, 0) is 30.4 Å². The van der Waals surface area contributed by atoms with Crippen molar-refractivity contribution in [2.75, 3.05) is 7.05 Å². The number of aryl methyl sites for hydroxylation is 2. The second-order valence-electron chi connectivity index (χ2n) is 3.41. The van der Waals surface area contributed by atoms with E-state index in [1.165, 1.54) is 30.4 Å². The van der Waals surface area contributed by atoms with Gasteiger partial charge >= 0.3 is 0 Å². The third-order valence-corrected chi connectivity index (χ3v) is 2.80. The lowest BCUT2D eigenvalue weighted by Crippen LogP contribution is -1.93. The standard InChI is InChI=1S/C10H12ClN2/c1-13(12-11)10-6-5-8-3-2-4-9(8)7-10/h5-7H,2-4H2,1H3/q+1. The summed E-state index contributed by atoms with van der Waals surface area (Å²) in [6, 6.07) is 6.42. The molecule has 2 nitrogen and oxygen atoms in total. The zero-order valence-corrected chi connectivity index (χ0v) is 8.38. The van der Waals surface area contributed by atoms with Crippen molar-refractivity contribution in [1.29, 1.82) is 0 Å². The van der Waals surface area contributed by atoms with Crippen molar-refractivity contribution in [3.63, 3.8) is 0 Å². The fourth-order valence-corrected chi connectivity index (χ4v) is 1.89. The summed E-state index contributed by atoms with van der Waals surface area (Å²) < 4.78 is 5.27. The molecule has 2 rings (SSSR count). The monoisotopic (exact) mass is 195 g/mol. The summed E-state index contributed by atoms with van der Waals surface area (Å²) in [6.45, 7) is 0. The maximum Gasteiger partial charge on any atom is 0.233 e. The van der Waals surface area contributed by atoms with E-state index in [0.717, 1.165) is 5.69 Å². The van der Waals surface area contributed by atoms with Crippen LogP contribution in [0.5, 0.6) is 0 Å². The van der Waals surface area contributed by atoms with Crippen LogP contribution in [-0.4, -0.2) is 11.7 Å². The van der Waals surface area contributed by atoms with Crippen LogP contribution in [0.15, 0.2) is 22.8 Å². The van der Waals surface area contributed by atoms with Gasteiger partial charge in [0.1, 0.15) is 11.8 Å². The highest BCUT2D eigenvalue weighted by Crippen LogP contribution is 2.25. The average molecular weight is 196 g/mol. The van der Waals surface area contributed by atoms with Crippen LogP contribution < -0.4 is 0 Å². The summed E-state index contributed by atoms with van der Waals surface area (Å²) in [6.07, 6.45) is 3.69. The Bertz CT molecular complexity index is 358. The summed E-state index contributed by atoms with van der Waals surface area (Å²) in [7, 11) is 1.85. The lowest BCUT2D eigenvalue weighted by molar-refractivity contribution is -0.471. The molecular formula is C10H12ClN2+. The van der Waals surface area contributed by atoms with Gasteiger partial charge < -0.3 is 0 Å². The summed E-state index contributed by atoms with van der Waals surface area (Å²) in [5.74, 6) is 0. The Morgan fingerprint density at radius 2 is 2.08 bits per heavy atom. The number of rotatable bonds is 1. The van der Waals surface area contributed by atoms with Gasteiger partial charge in [0.15, 0.2) is 7.05 Å². The molecule has 0 unspecified atom stereocenters. The Morgan fingerprint density at radius 3 is 2.85 bits per heavy atom. The topological polar surface area (TPSA) is 15.4 Å². The van der Waals surface area contributed by atoms with Crippen molar-refractivity contribution in [2.24, 2.45) is 4.63 Å². The van der Waals surface area contributed by atoms with Crippen molar-refractivity contribution in [2.45, 2.75) is 19.3 Å². The molecule has 0 aliphatic heterocycles. The number of benzene rings is 1. The predicted molar refractivity (Wildman–Crippen MR) is 52.6 cm³/mol. The number of hydrogen-bond acceptors (Lipinski definition) is 1. The van der Waals surface area contributed by atoms with Crippen LogP contribution >= 0.6 is 11.8 Å². The minimum absolute atomic E-state index is 1.07. The molecule has 13 heavy (non-hydrogen) atoms. The van der Waals surface area contributed by atoms with Crippen LogP contribution in [0.4, 0.5) is 5.69 Å². The Hall–Kier alpha value is -0.890. The molecular weight excluding hydrogens is 184 g/mol. The SMILES string of the molecule is C[N+](=NCl)c1ccc2c(c1)CCC2. The molecule has 1 aromatic rings. The zero-order valence-electron chi connectivity index (χ0n) is 7.63. The molecule has 0 heterocycles. The first kappa shape index (κ1) is 8.70. The second-order valence-corrected chi connectivity index (χ2v) is 3.56. The van der Waals surface area contributed by atoms with Gasteiger partial charge in [0.25, 0.3) is 0 Å². The van der Waals surface area contributed by atoms with Crippen LogP contribution in [0, 0.1) is 0 Å². The molecule has 0 N–H and O–H groups in total. The number of hydrogen-bond donors (Lipinski definition) is 0. The van der Waals surface area contributed by atoms with Gasteiger partial charge in [-0.1, -0.05) is 10.8 Å². The van der Waals surface area contributed by atoms with Gasteiger partial charge in [-0.3, -0.25) is 0 Å². The van der Waals surface area contributed by atoms with E-state index in [9.17, 15) is 0 Å². The van der Waals surface area contributed by atoms with Gasteiger partial charge in [0.05, 0.1) is 4.63 Å². The first-order chi connectivity index (χ1) is 6.31. The Morgan fingerprint density at radius 1 is 1.31 bits per heavy atom. The minimum Gasteiger partial charge on any atom is -0.0744 e. The third kappa shape index (κ3) is 1.59. The van der Waals surface area contributed by atoms with E-state index in [1.807, 2.05) is 7.05 Å². The summed E-state index contributed by atoms with van der Waals surface area (Å²) in [4.78, 5) is 0. The van der Waals surface area contributed by atoms with Crippen LogP contribution in [0.1, 0.15) is 17.5 Å². The maximum atomic E-state index is 5.39. The van der Waals surface area contributed by atoms with Gasteiger partial charge in [0, 0.05) is 12.1 Å². The van der Waals surface area contributed by atoms with Crippen LogP contribution in [0.2, 0.25) is 0 Å². The fourth-order valence-electron chi connectivity index (χ4n) is 1.80. The first-order valence-corrected chi connectivity index (χ1v) is 4.82. The van der Waals surface area contributed by atoms with E-state index in [0.29, 0.717) is 0 Å². The van der Waals surface area contributed by atoms with Crippen molar-refractivity contribution < 1.29 is 4.70 Å². The van der Waals surface area contributed by atoms with Crippen molar-refractivity contribution in [1.82, 2.24) is 0 Å². The average Bonchev–Trinajstić information content (AvgIpc) is 2.63. The Kier molecular flexibility index (Phi) is 2.32. The van der Waals surface area contributed by atoms with Crippen LogP contribution in [-0.2, 0) is 12.8 Å². The fraction of sp³-hybridized carbons (Fsp3) is 0.400. The highest BCUT2D eigenvalue weighted by atomic mass is 35.5. The van der Waals surface area contributed by atoms with E-state index in [1.54, 1.807) is 4.70 Å². The largest absolute Gasteiger partial charge is 0.233 e. The van der Waals surface area contributed by atoms with Crippen molar-refractivity contribution in [3.8, 4) is 0 Å². The lowest BCUT2D eigenvalue weighted by Gasteiger charge is -1.97. The quantitative estimate of drug-likeness (QED) is 0.484. The molecule has 0 amide bonds. The summed E-state index contributed by atoms with van der Waals surface area (Å²) in [5, 5.41) is 0. The van der Waals surface area contributed by atoms with E-state index in [-0.39, 0.29) is 0 Å². The van der Waals surface area contributed by atoms with E-state index in [2.05, 4.69) is 22.8 Å². The first-order valence-electron chi connectivity index (χ1n) is 4.48. The maximum absolute atomic E-state index is 5.39. The summed E-state index contributed by atoms with van der Waals surface area (Å²) >= 11 is 5.39. The van der Waals surface area contributed by atoms with E-state index < -0.39 is 0 Å². The molecule has 0 spiro atoms. The highest BCUT2D eigenvalue weighted by Gasteiger charge is 2.14. The number of nitrogens with zero attached hydrogens (tertiary/aromatic N) is 2. The smallest absolute Gasteiger partial charge is 0.0744 e. The lowest BCUT2D eigenvalue weighted by atomic mass is 10.1. The predicted octanol–water partition coefficient (Wildman–Crippen LogP) is 3.06. The zero-order chi connectivity index (χ0) is 9.26. The minimum atomic E-state index is 1.07. The third-order valence-electron chi connectivity index (χ3n) is 2.57. The molecule has 0 atom stereocenters. The van der Waals surface area contributed by atoms with Crippen LogP contribution in [0.3, 0.4) is 0 Å². The number of fused-ring (bicyclic) bond motifs is 1. The number of halogens is 1. The molecule has 0 bridgehead atoms. The molecule has 0 saturated carbocycles. The summed E-state index contributed by atoms with van der Waals surface area (Å²) in [5.41, 5.74) is 3.99. The van der Waals surface area contributed by atoms with E-state index >= 15 is 0 Å². The molecule has 0 aromatic heterocycles. The molecule has 3 heteroatoms. The van der Waals surface area contributed by atoms with Crippen LogP contribution in [0.25, 0.3) is 0 Å². The van der Waals surface area contributed by atoms with Gasteiger partial charge in [-0.2, -0.15) is 0 Å². The van der Waals surface area contributed by atoms with Gasteiger partial charge in [-0.25, -0.2) is 0 Å². The molecule has 1 aliphatic carbocycles. The van der Waals surface area contributed by atoms with Gasteiger partial charge in [0.2, 0.25) is 5.69 Å². The second kappa shape index (κ2) is 3.46. The molecule has 0 fully saturated rings. The van der Waals surface area contributed by atoms with E-state index in [4.69, 9.17) is 11.8 Å². The molecule has 0 radical (unpaired) electrons. The van der Waals surface area contributed by atoms with Crippen molar-refractivity contribution in [3.05, 3.63) is 29.3 Å². The molecule has 1 aliphatic rings. The molecule has 1 aromatic carbocycles.